The summed E-state index contributed by atoms with van der Waals surface area (Å²) in [5.74, 6) is -0.120. The molecule has 0 bridgehead atoms. The number of aryl methyl sites for hydroxylation is 1. The summed E-state index contributed by atoms with van der Waals surface area (Å²) >= 11 is 0. The van der Waals surface area contributed by atoms with Crippen LogP contribution in [0.1, 0.15) is 24.5 Å². The van der Waals surface area contributed by atoms with E-state index in [1.807, 2.05) is 27.1 Å². The first kappa shape index (κ1) is 13.7. The van der Waals surface area contributed by atoms with Crippen LogP contribution in [0, 0.1) is 0 Å². The van der Waals surface area contributed by atoms with Gasteiger partial charge in [-0.05, 0) is 38.6 Å². The monoisotopic (exact) mass is 235 g/mol. The number of nitrogens with zero attached hydrogens (tertiary/aromatic N) is 1. The second kappa shape index (κ2) is 7.07. The molecule has 1 rings (SSSR count). The molecule has 3 nitrogen and oxygen atoms in total. The number of hydrogen-bond acceptors (Lipinski definition) is 3. The van der Waals surface area contributed by atoms with Crippen LogP contribution in [-0.2, 0) is 22.5 Å². The smallest absolute Gasteiger partial charge is 0.306 e. The van der Waals surface area contributed by atoms with E-state index in [2.05, 4.69) is 23.1 Å². The van der Waals surface area contributed by atoms with Gasteiger partial charge in [-0.15, -0.1) is 0 Å². The number of benzene rings is 1. The molecule has 0 aromatic heterocycles. The summed E-state index contributed by atoms with van der Waals surface area (Å²) in [5.41, 5.74) is 2.47. The van der Waals surface area contributed by atoms with Crippen LogP contribution in [0.15, 0.2) is 24.3 Å². The first-order valence-corrected chi connectivity index (χ1v) is 6.00. The molecule has 0 atom stereocenters. The van der Waals surface area contributed by atoms with Crippen molar-refractivity contribution in [3.05, 3.63) is 35.4 Å². The number of hydrogen-bond donors (Lipinski definition) is 0. The Morgan fingerprint density at radius 3 is 2.65 bits per heavy atom. The molecule has 0 saturated heterocycles. The van der Waals surface area contributed by atoms with Gasteiger partial charge < -0.3 is 9.64 Å². The number of rotatable bonds is 6. The number of carbonyl (C=O) groups is 1. The second-order valence-electron chi connectivity index (χ2n) is 4.36. The average molecular weight is 235 g/mol. The first-order chi connectivity index (χ1) is 8.11. The quantitative estimate of drug-likeness (QED) is 0.708. The van der Waals surface area contributed by atoms with Gasteiger partial charge in [0.2, 0.25) is 0 Å². The lowest BCUT2D eigenvalue weighted by atomic mass is 10.1. The average Bonchev–Trinajstić information content (AvgIpc) is 2.26. The fourth-order valence-electron chi connectivity index (χ4n) is 1.73. The van der Waals surface area contributed by atoms with Crippen molar-refractivity contribution in [3.8, 4) is 0 Å². The van der Waals surface area contributed by atoms with Crippen molar-refractivity contribution in [2.24, 2.45) is 0 Å². The number of ether oxygens (including phenoxy) is 1. The summed E-state index contributed by atoms with van der Waals surface area (Å²) < 4.78 is 4.91. The summed E-state index contributed by atoms with van der Waals surface area (Å²) in [4.78, 5) is 13.4. The van der Waals surface area contributed by atoms with Crippen LogP contribution in [0.4, 0.5) is 0 Å². The molecule has 0 radical (unpaired) electrons. The predicted molar refractivity (Wildman–Crippen MR) is 68.8 cm³/mol. The summed E-state index contributed by atoms with van der Waals surface area (Å²) in [6.07, 6.45) is 1.21. The topological polar surface area (TPSA) is 29.5 Å². The molecular formula is C14H21NO2. The fraction of sp³-hybridized carbons (Fsp3) is 0.500. The van der Waals surface area contributed by atoms with Crippen LogP contribution in [-0.4, -0.2) is 31.6 Å². The molecule has 0 aliphatic heterocycles. The van der Waals surface area contributed by atoms with E-state index in [9.17, 15) is 4.79 Å². The molecule has 0 fully saturated rings. The Morgan fingerprint density at radius 1 is 1.29 bits per heavy atom. The van der Waals surface area contributed by atoms with Gasteiger partial charge in [0.05, 0.1) is 6.61 Å². The number of esters is 1. The van der Waals surface area contributed by atoms with Gasteiger partial charge in [0.1, 0.15) is 0 Å². The number of carbonyl (C=O) groups excluding carboxylic acids is 1. The minimum Gasteiger partial charge on any atom is -0.466 e. The SMILES string of the molecule is CCOC(=O)CCc1cccc(CN(C)C)c1. The zero-order chi connectivity index (χ0) is 12.7. The van der Waals surface area contributed by atoms with E-state index in [1.165, 1.54) is 11.1 Å². The van der Waals surface area contributed by atoms with Gasteiger partial charge in [0, 0.05) is 13.0 Å². The van der Waals surface area contributed by atoms with Crippen LogP contribution < -0.4 is 0 Å². The Morgan fingerprint density at radius 2 is 2.00 bits per heavy atom. The Labute approximate surface area is 103 Å². The highest BCUT2D eigenvalue weighted by Crippen LogP contribution is 2.09. The largest absolute Gasteiger partial charge is 0.466 e. The maximum atomic E-state index is 11.2. The van der Waals surface area contributed by atoms with Crippen molar-refractivity contribution in [3.63, 3.8) is 0 Å². The van der Waals surface area contributed by atoms with Gasteiger partial charge >= 0.3 is 5.97 Å². The minimum atomic E-state index is -0.120. The lowest BCUT2D eigenvalue weighted by Crippen LogP contribution is -2.11. The summed E-state index contributed by atoms with van der Waals surface area (Å²) in [6.45, 7) is 3.21. The Balaban J connectivity index is 2.51. The Kier molecular flexibility index (Phi) is 5.70. The molecule has 0 heterocycles. The van der Waals surface area contributed by atoms with Crippen molar-refractivity contribution in [1.29, 1.82) is 0 Å². The van der Waals surface area contributed by atoms with Gasteiger partial charge in [-0.2, -0.15) is 0 Å². The minimum absolute atomic E-state index is 0.120. The predicted octanol–water partition coefficient (Wildman–Crippen LogP) is 2.24. The van der Waals surface area contributed by atoms with Crippen molar-refractivity contribution in [2.45, 2.75) is 26.3 Å². The maximum absolute atomic E-state index is 11.2. The second-order valence-corrected chi connectivity index (χ2v) is 4.36. The molecular weight excluding hydrogens is 214 g/mol. The van der Waals surface area contributed by atoms with E-state index in [-0.39, 0.29) is 5.97 Å². The zero-order valence-electron chi connectivity index (χ0n) is 10.9. The summed E-state index contributed by atoms with van der Waals surface area (Å²) in [6, 6.07) is 8.35. The molecule has 0 aliphatic carbocycles. The molecule has 17 heavy (non-hydrogen) atoms. The molecule has 0 N–H and O–H groups in total. The third-order valence-electron chi connectivity index (χ3n) is 2.41. The lowest BCUT2D eigenvalue weighted by molar-refractivity contribution is -0.143. The molecule has 0 saturated carbocycles. The molecule has 3 heteroatoms. The zero-order valence-corrected chi connectivity index (χ0v) is 10.9. The van der Waals surface area contributed by atoms with Gasteiger partial charge in [-0.1, -0.05) is 24.3 Å². The first-order valence-electron chi connectivity index (χ1n) is 6.00. The fourth-order valence-corrected chi connectivity index (χ4v) is 1.73. The normalized spacial score (nSPS) is 10.6. The summed E-state index contributed by atoms with van der Waals surface area (Å²) in [7, 11) is 4.09. The van der Waals surface area contributed by atoms with Crippen molar-refractivity contribution in [2.75, 3.05) is 20.7 Å². The van der Waals surface area contributed by atoms with Crippen molar-refractivity contribution >= 4 is 5.97 Å². The molecule has 0 spiro atoms. The van der Waals surface area contributed by atoms with Crippen LogP contribution in [0.25, 0.3) is 0 Å². The lowest BCUT2D eigenvalue weighted by Gasteiger charge is -2.10. The van der Waals surface area contributed by atoms with E-state index < -0.39 is 0 Å². The van der Waals surface area contributed by atoms with Gasteiger partial charge in [-0.25, -0.2) is 0 Å². The Hall–Kier alpha value is -1.35. The third kappa shape index (κ3) is 5.50. The van der Waals surface area contributed by atoms with Crippen LogP contribution in [0.5, 0.6) is 0 Å². The van der Waals surface area contributed by atoms with E-state index in [4.69, 9.17) is 4.74 Å². The van der Waals surface area contributed by atoms with Gasteiger partial charge in [0.25, 0.3) is 0 Å². The standard InChI is InChI=1S/C14H21NO2/c1-4-17-14(16)9-8-12-6-5-7-13(10-12)11-15(2)3/h5-7,10H,4,8-9,11H2,1-3H3. The van der Waals surface area contributed by atoms with Crippen LogP contribution in [0.2, 0.25) is 0 Å². The highest BCUT2D eigenvalue weighted by Gasteiger charge is 2.03. The van der Waals surface area contributed by atoms with Crippen LogP contribution >= 0.6 is 0 Å². The molecule has 1 aromatic carbocycles. The molecule has 1 aromatic rings. The highest BCUT2D eigenvalue weighted by atomic mass is 16.5. The van der Waals surface area contributed by atoms with E-state index in [1.54, 1.807) is 0 Å². The summed E-state index contributed by atoms with van der Waals surface area (Å²) in [5, 5.41) is 0. The van der Waals surface area contributed by atoms with E-state index in [0.29, 0.717) is 13.0 Å². The van der Waals surface area contributed by atoms with E-state index in [0.717, 1.165) is 13.0 Å². The van der Waals surface area contributed by atoms with Crippen molar-refractivity contribution < 1.29 is 9.53 Å². The third-order valence-corrected chi connectivity index (χ3v) is 2.41. The van der Waals surface area contributed by atoms with Gasteiger partial charge in [0.15, 0.2) is 0 Å². The Bertz CT molecular complexity index is 361. The van der Waals surface area contributed by atoms with Crippen molar-refractivity contribution in [1.82, 2.24) is 4.90 Å². The molecule has 0 amide bonds. The van der Waals surface area contributed by atoms with E-state index >= 15 is 0 Å². The van der Waals surface area contributed by atoms with Gasteiger partial charge in [-0.3, -0.25) is 4.79 Å². The highest BCUT2D eigenvalue weighted by molar-refractivity contribution is 5.69. The molecule has 0 unspecified atom stereocenters. The van der Waals surface area contributed by atoms with Crippen LogP contribution in [0.3, 0.4) is 0 Å². The molecule has 94 valence electrons. The molecule has 0 aliphatic rings. The maximum Gasteiger partial charge on any atom is 0.306 e.